The molecule has 170 valence electrons. The fraction of sp³-hybridized carbons (Fsp3) is 0.760. The number of ether oxygens (including phenoxy) is 2. The van der Waals surface area contributed by atoms with Crippen LogP contribution < -0.4 is 0 Å². The van der Waals surface area contributed by atoms with Crippen molar-refractivity contribution in [3.8, 4) is 0 Å². The first-order chi connectivity index (χ1) is 14.1. The molecule has 1 heterocycles. The zero-order valence-corrected chi connectivity index (χ0v) is 21.2. The number of hydrogen-bond donors (Lipinski definition) is 0. The van der Waals surface area contributed by atoms with Crippen LogP contribution >= 0.6 is 15.9 Å². The van der Waals surface area contributed by atoms with Crippen LogP contribution in [0.3, 0.4) is 0 Å². The van der Waals surface area contributed by atoms with Gasteiger partial charge in [-0.3, -0.25) is 9.78 Å². The minimum absolute atomic E-state index is 0.0526. The lowest BCUT2D eigenvalue weighted by atomic mass is 9.84. The summed E-state index contributed by atoms with van der Waals surface area (Å²) in [7, 11) is 0. The number of hydrogen-bond acceptors (Lipinski definition) is 4. The van der Waals surface area contributed by atoms with Gasteiger partial charge in [0.05, 0.1) is 24.8 Å². The molecule has 2 rings (SSSR count). The number of nitrogens with zero attached hydrogens (tertiary/aromatic N) is 1. The van der Waals surface area contributed by atoms with Crippen molar-refractivity contribution in [2.75, 3.05) is 6.61 Å². The fourth-order valence-electron chi connectivity index (χ4n) is 4.14. The van der Waals surface area contributed by atoms with Crippen LogP contribution in [-0.2, 0) is 20.9 Å². The lowest BCUT2D eigenvalue weighted by molar-refractivity contribution is -0.161. The second-order valence-electron chi connectivity index (χ2n) is 10.1. The molecule has 1 aliphatic rings. The number of carbonyl (C=O) groups excluding carboxylic acids is 1. The molecule has 0 bridgehead atoms. The third-order valence-corrected chi connectivity index (χ3v) is 6.71. The number of aromatic nitrogens is 1. The number of rotatable bonds is 12. The highest BCUT2D eigenvalue weighted by atomic mass is 79.9. The maximum Gasteiger partial charge on any atom is 0.309 e. The number of pyridine rings is 1. The van der Waals surface area contributed by atoms with Crippen molar-refractivity contribution in [3.05, 3.63) is 28.5 Å². The molecule has 5 atom stereocenters. The Labute approximate surface area is 191 Å². The van der Waals surface area contributed by atoms with Gasteiger partial charge in [-0.15, -0.1) is 0 Å². The molecule has 0 amide bonds. The molecule has 0 radical (unpaired) electrons. The highest BCUT2D eigenvalue weighted by Gasteiger charge is 2.42. The van der Waals surface area contributed by atoms with Crippen LogP contribution in [0.1, 0.15) is 79.3 Å². The molecule has 0 N–H and O–H groups in total. The number of esters is 1. The molecule has 30 heavy (non-hydrogen) atoms. The van der Waals surface area contributed by atoms with Crippen molar-refractivity contribution in [3.63, 3.8) is 0 Å². The van der Waals surface area contributed by atoms with Gasteiger partial charge in [-0.2, -0.15) is 0 Å². The largest absolute Gasteiger partial charge is 0.460 e. The maximum absolute atomic E-state index is 12.4. The highest BCUT2D eigenvalue weighted by Crippen LogP contribution is 2.48. The van der Waals surface area contributed by atoms with E-state index in [1.165, 1.54) is 25.7 Å². The van der Waals surface area contributed by atoms with E-state index >= 15 is 0 Å². The molecule has 5 unspecified atom stereocenters. The van der Waals surface area contributed by atoms with Crippen molar-refractivity contribution in [1.29, 1.82) is 0 Å². The van der Waals surface area contributed by atoms with Gasteiger partial charge in [-0.05, 0) is 91.8 Å². The van der Waals surface area contributed by atoms with E-state index in [2.05, 4.69) is 34.8 Å². The van der Waals surface area contributed by atoms with E-state index in [4.69, 9.17) is 9.47 Å². The minimum atomic E-state index is -0.414. The van der Waals surface area contributed by atoms with Crippen molar-refractivity contribution in [2.45, 2.75) is 85.9 Å². The van der Waals surface area contributed by atoms with Gasteiger partial charge < -0.3 is 9.47 Å². The predicted molar refractivity (Wildman–Crippen MR) is 125 cm³/mol. The van der Waals surface area contributed by atoms with E-state index in [-0.39, 0.29) is 11.9 Å². The zero-order chi connectivity index (χ0) is 22.3. The second kappa shape index (κ2) is 11.6. The Kier molecular flexibility index (Phi) is 9.80. The second-order valence-corrected chi connectivity index (χ2v) is 11.0. The molecule has 1 aromatic rings. The van der Waals surface area contributed by atoms with E-state index in [1.807, 2.05) is 46.0 Å². The van der Waals surface area contributed by atoms with Gasteiger partial charge in [0.15, 0.2) is 0 Å². The van der Waals surface area contributed by atoms with Crippen molar-refractivity contribution >= 4 is 21.9 Å². The van der Waals surface area contributed by atoms with Gasteiger partial charge in [0, 0.05) is 10.7 Å². The van der Waals surface area contributed by atoms with E-state index in [9.17, 15) is 4.79 Å². The Bertz CT molecular complexity index is 655. The highest BCUT2D eigenvalue weighted by molar-refractivity contribution is 9.10. The number of carbonyl (C=O) groups is 1. The van der Waals surface area contributed by atoms with Gasteiger partial charge in [-0.1, -0.05) is 33.6 Å². The summed E-state index contributed by atoms with van der Waals surface area (Å²) in [6.07, 6.45) is 7.84. The van der Waals surface area contributed by atoms with Crippen LogP contribution in [0.15, 0.2) is 22.8 Å². The van der Waals surface area contributed by atoms with Crippen LogP contribution in [0, 0.1) is 29.6 Å². The first-order valence-corrected chi connectivity index (χ1v) is 12.3. The Hall–Kier alpha value is -0.940. The van der Waals surface area contributed by atoms with Crippen molar-refractivity contribution < 1.29 is 14.3 Å². The lowest BCUT2D eigenvalue weighted by Crippen LogP contribution is -2.30. The molecule has 5 heteroatoms. The SMILES string of the molecule is CCCC(CCC(C)C(C)C(=O)OC(C)(C)C)C1CC1COCc1ccc(Br)cn1. The molecule has 4 nitrogen and oxygen atoms in total. The summed E-state index contributed by atoms with van der Waals surface area (Å²) < 4.78 is 12.5. The Morgan fingerprint density at radius 3 is 2.57 bits per heavy atom. The first kappa shape index (κ1) is 25.3. The molecule has 0 saturated heterocycles. The van der Waals surface area contributed by atoms with Gasteiger partial charge in [0.25, 0.3) is 0 Å². The Morgan fingerprint density at radius 1 is 1.23 bits per heavy atom. The quantitative estimate of drug-likeness (QED) is 0.307. The smallest absolute Gasteiger partial charge is 0.309 e. The summed E-state index contributed by atoms with van der Waals surface area (Å²) >= 11 is 3.41. The molecule has 1 aliphatic carbocycles. The zero-order valence-electron chi connectivity index (χ0n) is 19.6. The lowest BCUT2D eigenvalue weighted by Gasteiger charge is -2.26. The molecule has 1 fully saturated rings. The van der Waals surface area contributed by atoms with Crippen LogP contribution in [-0.4, -0.2) is 23.2 Å². The van der Waals surface area contributed by atoms with Gasteiger partial charge >= 0.3 is 5.97 Å². The summed E-state index contributed by atoms with van der Waals surface area (Å²) in [4.78, 5) is 16.7. The molecule has 0 spiro atoms. The molecule has 1 saturated carbocycles. The van der Waals surface area contributed by atoms with Crippen LogP contribution in [0.4, 0.5) is 0 Å². The van der Waals surface area contributed by atoms with E-state index < -0.39 is 5.60 Å². The number of halogens is 1. The van der Waals surface area contributed by atoms with Crippen LogP contribution in [0.2, 0.25) is 0 Å². The fourth-order valence-corrected chi connectivity index (χ4v) is 4.38. The van der Waals surface area contributed by atoms with Gasteiger partial charge in [0.2, 0.25) is 0 Å². The predicted octanol–water partition coefficient (Wildman–Crippen LogP) is 6.81. The molecule has 1 aromatic heterocycles. The van der Waals surface area contributed by atoms with Crippen molar-refractivity contribution in [1.82, 2.24) is 4.98 Å². The van der Waals surface area contributed by atoms with Crippen molar-refractivity contribution in [2.24, 2.45) is 29.6 Å². The topological polar surface area (TPSA) is 48.4 Å². The van der Waals surface area contributed by atoms with Crippen LogP contribution in [0.5, 0.6) is 0 Å². The molecular formula is C25H40BrNO3. The standard InChI is InChI=1S/C25H40BrNO3/c1-7-8-19(10-9-17(2)18(3)24(28)30-25(4,5)6)23-13-20(23)15-29-16-22-12-11-21(26)14-27-22/h11-12,14,17-20,23H,7-10,13,15-16H2,1-6H3. The molecular weight excluding hydrogens is 442 g/mol. The Morgan fingerprint density at radius 2 is 1.97 bits per heavy atom. The maximum atomic E-state index is 12.4. The van der Waals surface area contributed by atoms with E-state index in [1.54, 1.807) is 0 Å². The minimum Gasteiger partial charge on any atom is -0.460 e. The third kappa shape index (κ3) is 8.66. The summed E-state index contributed by atoms with van der Waals surface area (Å²) in [5.41, 5.74) is 0.563. The normalized spacial score (nSPS) is 21.7. The average molecular weight is 483 g/mol. The van der Waals surface area contributed by atoms with Crippen LogP contribution in [0.25, 0.3) is 0 Å². The average Bonchev–Trinajstić information content (AvgIpc) is 3.43. The summed E-state index contributed by atoms with van der Waals surface area (Å²) in [5, 5.41) is 0. The molecule has 0 aromatic carbocycles. The molecule has 0 aliphatic heterocycles. The van der Waals surface area contributed by atoms with Gasteiger partial charge in [-0.25, -0.2) is 0 Å². The van der Waals surface area contributed by atoms with Gasteiger partial charge in [0.1, 0.15) is 5.60 Å². The first-order valence-electron chi connectivity index (χ1n) is 11.5. The van der Waals surface area contributed by atoms with E-state index in [0.29, 0.717) is 18.4 Å². The Balaban J connectivity index is 1.73. The van der Waals surface area contributed by atoms with E-state index in [0.717, 1.165) is 35.0 Å². The summed E-state index contributed by atoms with van der Waals surface area (Å²) in [6, 6.07) is 4.00. The monoisotopic (exact) mass is 481 g/mol. The third-order valence-electron chi connectivity index (χ3n) is 6.24. The summed E-state index contributed by atoms with van der Waals surface area (Å²) in [6.45, 7) is 13.7. The summed E-state index contributed by atoms with van der Waals surface area (Å²) in [5.74, 6) is 2.41.